The highest BCUT2D eigenvalue weighted by atomic mass is 16.2. The van der Waals surface area contributed by atoms with E-state index in [0.29, 0.717) is 5.92 Å². The number of hydrogen-bond donors (Lipinski definition) is 2. The van der Waals surface area contributed by atoms with Crippen molar-refractivity contribution < 1.29 is 4.79 Å². The van der Waals surface area contributed by atoms with Crippen LogP contribution in [0.5, 0.6) is 0 Å². The van der Waals surface area contributed by atoms with Gasteiger partial charge in [-0.3, -0.25) is 0 Å². The number of nitrogens with one attached hydrogen (secondary N) is 1. The topological polar surface area (TPSA) is 70.7 Å². The van der Waals surface area contributed by atoms with Crippen molar-refractivity contribution in [3.8, 4) is 0 Å². The number of amides is 2. The van der Waals surface area contributed by atoms with Gasteiger partial charge in [0.2, 0.25) is 5.96 Å². The highest BCUT2D eigenvalue weighted by Gasteiger charge is 2.26. The highest BCUT2D eigenvalue weighted by molar-refractivity contribution is 6.01. The third kappa shape index (κ3) is 4.34. The van der Waals surface area contributed by atoms with E-state index in [9.17, 15) is 4.79 Å². The SMILES string of the molecule is C=CCc1ccc(N(CC2CC2)C(N)=NC(=O)NC)cc1. The molecule has 112 valence electrons. The van der Waals surface area contributed by atoms with Crippen LogP contribution in [0.3, 0.4) is 0 Å². The van der Waals surface area contributed by atoms with Crippen LogP contribution in [0, 0.1) is 5.92 Å². The Kier molecular flexibility index (Phi) is 4.98. The number of hydrogen-bond acceptors (Lipinski definition) is 1. The van der Waals surface area contributed by atoms with Gasteiger partial charge in [0.05, 0.1) is 0 Å². The van der Waals surface area contributed by atoms with Gasteiger partial charge in [0.25, 0.3) is 0 Å². The van der Waals surface area contributed by atoms with Gasteiger partial charge in [-0.2, -0.15) is 4.99 Å². The molecule has 0 radical (unpaired) electrons. The lowest BCUT2D eigenvalue weighted by Gasteiger charge is -2.23. The summed E-state index contributed by atoms with van der Waals surface area (Å²) in [5, 5.41) is 2.45. The van der Waals surface area contributed by atoms with Crippen LogP contribution < -0.4 is 16.0 Å². The zero-order chi connectivity index (χ0) is 15.2. The van der Waals surface area contributed by atoms with Crippen molar-refractivity contribution in [3.63, 3.8) is 0 Å². The van der Waals surface area contributed by atoms with Crippen LogP contribution in [0.1, 0.15) is 18.4 Å². The summed E-state index contributed by atoms with van der Waals surface area (Å²) in [6.45, 7) is 4.54. The van der Waals surface area contributed by atoms with Gasteiger partial charge in [-0.15, -0.1) is 6.58 Å². The number of rotatable bonds is 5. The van der Waals surface area contributed by atoms with Gasteiger partial charge < -0.3 is 16.0 Å². The molecule has 1 aliphatic carbocycles. The number of guanidine groups is 1. The van der Waals surface area contributed by atoms with Gasteiger partial charge in [-0.1, -0.05) is 18.2 Å². The molecule has 0 bridgehead atoms. The van der Waals surface area contributed by atoms with Gasteiger partial charge in [-0.25, -0.2) is 4.79 Å². The van der Waals surface area contributed by atoms with Crippen molar-refractivity contribution in [2.24, 2.45) is 16.6 Å². The van der Waals surface area contributed by atoms with Crippen molar-refractivity contribution >= 4 is 17.7 Å². The molecule has 3 N–H and O–H groups in total. The Morgan fingerprint density at radius 2 is 2.14 bits per heavy atom. The number of benzene rings is 1. The predicted molar refractivity (Wildman–Crippen MR) is 86.5 cm³/mol. The Labute approximate surface area is 125 Å². The second-order valence-electron chi connectivity index (χ2n) is 5.24. The lowest BCUT2D eigenvalue weighted by atomic mass is 10.1. The van der Waals surface area contributed by atoms with Crippen molar-refractivity contribution in [2.45, 2.75) is 19.3 Å². The lowest BCUT2D eigenvalue weighted by Crippen LogP contribution is -2.40. The van der Waals surface area contributed by atoms with Gasteiger partial charge in [0.15, 0.2) is 0 Å². The molecule has 0 atom stereocenters. The van der Waals surface area contributed by atoms with Crippen molar-refractivity contribution in [2.75, 3.05) is 18.5 Å². The highest BCUT2D eigenvalue weighted by Crippen LogP contribution is 2.31. The Hall–Kier alpha value is -2.30. The van der Waals surface area contributed by atoms with E-state index >= 15 is 0 Å². The molecule has 1 fully saturated rings. The molecule has 1 saturated carbocycles. The van der Waals surface area contributed by atoms with Crippen LogP contribution >= 0.6 is 0 Å². The fraction of sp³-hybridized carbons (Fsp3) is 0.375. The third-order valence-corrected chi connectivity index (χ3v) is 3.47. The number of carbonyl (C=O) groups excluding carboxylic acids is 1. The van der Waals surface area contributed by atoms with E-state index in [0.717, 1.165) is 18.7 Å². The molecule has 21 heavy (non-hydrogen) atoms. The molecule has 2 amide bonds. The van der Waals surface area contributed by atoms with E-state index in [2.05, 4.69) is 16.9 Å². The maximum Gasteiger partial charge on any atom is 0.343 e. The van der Waals surface area contributed by atoms with E-state index < -0.39 is 6.03 Å². The third-order valence-electron chi connectivity index (χ3n) is 3.47. The molecular formula is C16H22N4O. The average Bonchev–Trinajstić information content (AvgIpc) is 3.30. The summed E-state index contributed by atoms with van der Waals surface area (Å²) in [5.41, 5.74) is 8.15. The first-order valence-corrected chi connectivity index (χ1v) is 7.17. The minimum atomic E-state index is -0.434. The van der Waals surface area contributed by atoms with E-state index in [1.807, 2.05) is 35.2 Å². The molecule has 0 heterocycles. The summed E-state index contributed by atoms with van der Waals surface area (Å²) in [5.74, 6) is 0.869. The molecule has 0 unspecified atom stereocenters. The summed E-state index contributed by atoms with van der Waals surface area (Å²) in [7, 11) is 1.54. The molecule has 0 saturated heterocycles. The maximum atomic E-state index is 11.4. The van der Waals surface area contributed by atoms with Crippen molar-refractivity contribution in [1.29, 1.82) is 0 Å². The smallest absolute Gasteiger partial charge is 0.343 e. The summed E-state index contributed by atoms with van der Waals surface area (Å²) in [4.78, 5) is 17.2. The lowest BCUT2D eigenvalue weighted by molar-refractivity contribution is 0.251. The van der Waals surface area contributed by atoms with Gasteiger partial charge >= 0.3 is 6.03 Å². The number of aliphatic imine (C=N–C) groups is 1. The fourth-order valence-electron chi connectivity index (χ4n) is 2.09. The summed E-state index contributed by atoms with van der Waals surface area (Å²) in [6, 6.07) is 7.67. The first-order chi connectivity index (χ1) is 10.1. The molecule has 1 aromatic rings. The number of carbonyl (C=O) groups is 1. The quantitative estimate of drug-likeness (QED) is 0.495. The zero-order valence-corrected chi connectivity index (χ0v) is 12.4. The standard InChI is InChI=1S/C16H22N4O/c1-3-4-12-7-9-14(10-8-12)20(11-13-5-6-13)15(17)19-16(21)18-2/h3,7-10,13H,1,4-6,11H2,2H3,(H3,17,18,19,21). The van der Waals surface area contributed by atoms with Crippen LogP contribution in [0.15, 0.2) is 41.9 Å². The summed E-state index contributed by atoms with van der Waals surface area (Å²) < 4.78 is 0. The van der Waals surface area contributed by atoms with Gasteiger partial charge in [0, 0.05) is 19.3 Å². The van der Waals surface area contributed by atoms with E-state index in [4.69, 9.17) is 5.73 Å². The van der Waals surface area contributed by atoms with Crippen LogP contribution in [0.25, 0.3) is 0 Å². The fourth-order valence-corrected chi connectivity index (χ4v) is 2.09. The zero-order valence-electron chi connectivity index (χ0n) is 12.4. The first kappa shape index (κ1) is 15.1. The molecule has 0 aromatic heterocycles. The van der Waals surface area contributed by atoms with Crippen LogP contribution in [0.2, 0.25) is 0 Å². The Balaban J connectivity index is 2.19. The number of anilines is 1. The average molecular weight is 286 g/mol. The van der Waals surface area contributed by atoms with Crippen LogP contribution in [0.4, 0.5) is 10.5 Å². The van der Waals surface area contributed by atoms with Crippen LogP contribution in [-0.2, 0) is 6.42 Å². The Morgan fingerprint density at radius 3 is 2.67 bits per heavy atom. The summed E-state index contributed by atoms with van der Waals surface area (Å²) in [6.07, 6.45) is 5.12. The molecule has 5 nitrogen and oxygen atoms in total. The monoisotopic (exact) mass is 286 g/mol. The molecular weight excluding hydrogens is 264 g/mol. The molecule has 0 aliphatic heterocycles. The molecule has 1 aliphatic rings. The second-order valence-corrected chi connectivity index (χ2v) is 5.24. The Bertz CT molecular complexity index is 532. The minimum absolute atomic E-state index is 0.234. The molecule has 2 rings (SSSR count). The second kappa shape index (κ2) is 6.92. The van der Waals surface area contributed by atoms with Crippen molar-refractivity contribution in [3.05, 3.63) is 42.5 Å². The van der Waals surface area contributed by atoms with Gasteiger partial charge in [0.1, 0.15) is 0 Å². The molecule has 5 heteroatoms. The predicted octanol–water partition coefficient (Wildman–Crippen LogP) is 2.29. The minimum Gasteiger partial charge on any atom is -0.369 e. The van der Waals surface area contributed by atoms with Gasteiger partial charge in [-0.05, 0) is 42.9 Å². The van der Waals surface area contributed by atoms with E-state index in [-0.39, 0.29) is 5.96 Å². The molecule has 0 spiro atoms. The number of allylic oxidation sites excluding steroid dienone is 1. The van der Waals surface area contributed by atoms with E-state index in [1.54, 1.807) is 0 Å². The largest absolute Gasteiger partial charge is 0.369 e. The van der Waals surface area contributed by atoms with Crippen LogP contribution in [-0.4, -0.2) is 25.6 Å². The van der Waals surface area contributed by atoms with E-state index in [1.165, 1.54) is 25.5 Å². The number of nitrogens with zero attached hydrogens (tertiary/aromatic N) is 2. The normalized spacial score (nSPS) is 14.6. The number of urea groups is 1. The first-order valence-electron chi connectivity index (χ1n) is 7.17. The van der Waals surface area contributed by atoms with Crippen molar-refractivity contribution in [1.82, 2.24) is 5.32 Å². The molecule has 1 aromatic carbocycles. The Morgan fingerprint density at radius 1 is 1.48 bits per heavy atom. The maximum absolute atomic E-state index is 11.4. The summed E-state index contributed by atoms with van der Waals surface area (Å²) >= 11 is 0. The number of nitrogens with two attached hydrogens (primary N) is 1.